The van der Waals surface area contributed by atoms with Crippen LogP contribution in [0, 0.1) is 12.3 Å². The molecule has 0 amide bonds. The topological polar surface area (TPSA) is 26.0 Å². The zero-order chi connectivity index (χ0) is 5.41. The summed E-state index contributed by atoms with van der Waals surface area (Å²) in [5, 5.41) is 0. The van der Waals surface area contributed by atoms with Crippen LogP contribution in [0.5, 0.6) is 0 Å². The molecule has 0 saturated heterocycles. The molecule has 0 aromatic rings. The van der Waals surface area contributed by atoms with Crippen molar-refractivity contribution in [1.82, 2.24) is 0 Å². The highest BCUT2D eigenvalue weighted by atomic mass is 14.5. The fourth-order valence-electron chi connectivity index (χ4n) is 0. The molecule has 0 aromatic heterocycles. The van der Waals surface area contributed by atoms with Crippen molar-refractivity contribution in [2.45, 2.75) is 13.8 Å². The monoisotopic (exact) mass is 85.1 g/mol. The standard InChI is InChI=1S/C3H4.C2H7N/c1-3-2;1-2-3/h1H,2H3;2-3H2,1H3. The van der Waals surface area contributed by atoms with Gasteiger partial charge >= 0.3 is 0 Å². The van der Waals surface area contributed by atoms with E-state index >= 15 is 0 Å². The van der Waals surface area contributed by atoms with Crippen LogP contribution in [-0.2, 0) is 0 Å². The molecular formula is C5H11N. The van der Waals surface area contributed by atoms with E-state index in [2.05, 4.69) is 12.3 Å². The molecule has 2 N–H and O–H groups in total. The van der Waals surface area contributed by atoms with E-state index in [9.17, 15) is 0 Å². The summed E-state index contributed by atoms with van der Waals surface area (Å²) in [6.45, 7) is 4.31. The SMILES string of the molecule is C#CC.CCN. The first-order valence-corrected chi connectivity index (χ1v) is 1.90. The molecule has 0 rings (SSSR count). The van der Waals surface area contributed by atoms with Crippen LogP contribution >= 0.6 is 0 Å². The van der Waals surface area contributed by atoms with Crippen LogP contribution in [0.1, 0.15) is 13.8 Å². The normalized spacial score (nSPS) is 4.33. The van der Waals surface area contributed by atoms with Crippen molar-refractivity contribution in [2.75, 3.05) is 6.54 Å². The van der Waals surface area contributed by atoms with Gasteiger partial charge in [0.05, 0.1) is 0 Å². The van der Waals surface area contributed by atoms with E-state index in [-0.39, 0.29) is 0 Å². The molecule has 0 atom stereocenters. The van der Waals surface area contributed by atoms with E-state index in [4.69, 9.17) is 5.73 Å². The number of nitrogens with two attached hydrogens (primary N) is 1. The summed E-state index contributed by atoms with van der Waals surface area (Å²) in [7, 11) is 0. The minimum atomic E-state index is 0.750. The van der Waals surface area contributed by atoms with Crippen LogP contribution in [0.4, 0.5) is 0 Å². The molecule has 0 radical (unpaired) electrons. The molecule has 1 heteroatoms. The highest BCUT2D eigenvalue weighted by molar-refractivity contribution is 4.73. The Morgan fingerprint density at radius 2 is 1.83 bits per heavy atom. The quantitative estimate of drug-likeness (QED) is 0.428. The Hall–Kier alpha value is -0.480. The maximum absolute atomic E-state index is 4.85. The van der Waals surface area contributed by atoms with Crippen LogP contribution in [-0.4, -0.2) is 6.54 Å². The molecule has 36 valence electrons. The maximum atomic E-state index is 4.85. The van der Waals surface area contributed by atoms with E-state index < -0.39 is 0 Å². The summed E-state index contributed by atoms with van der Waals surface area (Å²) in [4.78, 5) is 0. The third kappa shape index (κ3) is 97.0. The number of hydrogen-bond acceptors (Lipinski definition) is 1. The first-order valence-electron chi connectivity index (χ1n) is 1.90. The molecule has 0 aliphatic heterocycles. The van der Waals surface area contributed by atoms with E-state index in [1.807, 2.05) is 6.92 Å². The molecule has 0 spiro atoms. The van der Waals surface area contributed by atoms with E-state index in [1.54, 1.807) is 6.92 Å². The molecule has 0 unspecified atom stereocenters. The predicted octanol–water partition coefficient (Wildman–Crippen LogP) is 0.605. The largest absolute Gasteiger partial charge is 0.331 e. The van der Waals surface area contributed by atoms with Gasteiger partial charge in [-0.15, -0.1) is 12.3 Å². The Balaban J connectivity index is 0. The maximum Gasteiger partial charge on any atom is -0.00297 e. The summed E-state index contributed by atoms with van der Waals surface area (Å²) >= 11 is 0. The van der Waals surface area contributed by atoms with Gasteiger partial charge in [-0.25, -0.2) is 0 Å². The molecule has 0 aliphatic carbocycles. The van der Waals surface area contributed by atoms with Crippen molar-refractivity contribution < 1.29 is 0 Å². The van der Waals surface area contributed by atoms with Crippen LogP contribution in [0.15, 0.2) is 0 Å². The number of rotatable bonds is 0. The third-order valence-corrected chi connectivity index (χ3v) is 0. The molecule has 0 fully saturated rings. The van der Waals surface area contributed by atoms with Crippen molar-refractivity contribution >= 4 is 0 Å². The minimum Gasteiger partial charge on any atom is -0.331 e. The van der Waals surface area contributed by atoms with E-state index in [1.165, 1.54) is 0 Å². The second kappa shape index (κ2) is 24.2. The fourth-order valence-corrected chi connectivity index (χ4v) is 0. The Kier molecular flexibility index (Phi) is 36.8. The van der Waals surface area contributed by atoms with Gasteiger partial charge in [-0.3, -0.25) is 0 Å². The second-order valence-corrected chi connectivity index (χ2v) is 0.697. The second-order valence-electron chi connectivity index (χ2n) is 0.697. The summed E-state index contributed by atoms with van der Waals surface area (Å²) < 4.78 is 0. The summed E-state index contributed by atoms with van der Waals surface area (Å²) in [5.74, 6) is 2.25. The average molecular weight is 85.2 g/mol. The Bertz CT molecular complexity index is 33.7. The van der Waals surface area contributed by atoms with Gasteiger partial charge in [0.25, 0.3) is 0 Å². The Morgan fingerprint density at radius 1 is 1.83 bits per heavy atom. The van der Waals surface area contributed by atoms with Crippen molar-refractivity contribution in [2.24, 2.45) is 5.73 Å². The molecular weight excluding hydrogens is 74.1 g/mol. The number of hydrogen-bond donors (Lipinski definition) is 1. The molecule has 0 bridgehead atoms. The summed E-state index contributed by atoms with van der Waals surface area (Å²) in [5.41, 5.74) is 4.85. The van der Waals surface area contributed by atoms with Crippen LogP contribution in [0.25, 0.3) is 0 Å². The molecule has 0 aromatic carbocycles. The minimum absolute atomic E-state index is 0.750. The highest BCUT2D eigenvalue weighted by Crippen LogP contribution is 1.21. The lowest BCUT2D eigenvalue weighted by Gasteiger charge is -1.53. The zero-order valence-corrected chi connectivity index (χ0v) is 4.36. The van der Waals surface area contributed by atoms with Gasteiger partial charge in [-0.05, 0) is 13.5 Å². The molecule has 0 heterocycles. The van der Waals surface area contributed by atoms with Crippen LogP contribution in [0.3, 0.4) is 0 Å². The number of terminal acetylenes is 1. The first-order chi connectivity index (χ1) is 2.83. The van der Waals surface area contributed by atoms with Crippen molar-refractivity contribution in [3.05, 3.63) is 0 Å². The van der Waals surface area contributed by atoms with Crippen LogP contribution < -0.4 is 5.73 Å². The van der Waals surface area contributed by atoms with Gasteiger partial charge in [0.15, 0.2) is 0 Å². The van der Waals surface area contributed by atoms with Gasteiger partial charge < -0.3 is 5.73 Å². The Morgan fingerprint density at radius 3 is 1.83 bits per heavy atom. The van der Waals surface area contributed by atoms with Gasteiger partial charge in [0, 0.05) is 0 Å². The third-order valence-electron chi connectivity index (χ3n) is 0. The van der Waals surface area contributed by atoms with Gasteiger partial charge in [-0.1, -0.05) is 6.92 Å². The van der Waals surface area contributed by atoms with Gasteiger partial charge in [-0.2, -0.15) is 0 Å². The lowest BCUT2D eigenvalue weighted by Crippen LogP contribution is -1.87. The molecule has 0 aliphatic rings. The predicted molar refractivity (Wildman–Crippen MR) is 29.2 cm³/mol. The van der Waals surface area contributed by atoms with Crippen molar-refractivity contribution in [3.63, 3.8) is 0 Å². The van der Waals surface area contributed by atoms with E-state index in [0.29, 0.717) is 0 Å². The van der Waals surface area contributed by atoms with E-state index in [0.717, 1.165) is 6.54 Å². The average Bonchev–Trinajstić information content (AvgIpc) is 1.39. The van der Waals surface area contributed by atoms with Crippen molar-refractivity contribution in [1.29, 1.82) is 0 Å². The summed E-state index contributed by atoms with van der Waals surface area (Å²) in [6.07, 6.45) is 4.60. The smallest absolute Gasteiger partial charge is 0.00297 e. The molecule has 1 nitrogen and oxygen atoms in total. The van der Waals surface area contributed by atoms with Gasteiger partial charge in [0.1, 0.15) is 0 Å². The summed E-state index contributed by atoms with van der Waals surface area (Å²) in [6, 6.07) is 0. The van der Waals surface area contributed by atoms with Gasteiger partial charge in [0.2, 0.25) is 0 Å². The first kappa shape index (κ1) is 9.10. The highest BCUT2D eigenvalue weighted by Gasteiger charge is 1.32. The Labute approximate surface area is 39.5 Å². The lowest BCUT2D eigenvalue weighted by molar-refractivity contribution is 1.14. The zero-order valence-electron chi connectivity index (χ0n) is 4.36. The lowest BCUT2D eigenvalue weighted by atomic mass is 10.8. The van der Waals surface area contributed by atoms with Crippen molar-refractivity contribution in [3.8, 4) is 12.3 Å². The van der Waals surface area contributed by atoms with Crippen LogP contribution in [0.2, 0.25) is 0 Å². The molecule has 0 saturated carbocycles. The molecule has 6 heavy (non-hydrogen) atoms. The fraction of sp³-hybridized carbons (Fsp3) is 0.600.